The van der Waals surface area contributed by atoms with Crippen LogP contribution in [-0.2, 0) is 0 Å². The molecule has 4 nitrogen and oxygen atoms in total. The highest BCUT2D eigenvalue weighted by molar-refractivity contribution is 7.09. The Morgan fingerprint density at radius 1 is 1.35 bits per heavy atom. The maximum Gasteiger partial charge on any atom is 0.253 e. The number of carbonyl (C=O) groups is 1. The molecule has 0 saturated carbocycles. The third kappa shape index (κ3) is 3.17. The van der Waals surface area contributed by atoms with Gasteiger partial charge >= 0.3 is 0 Å². The van der Waals surface area contributed by atoms with E-state index in [2.05, 4.69) is 15.6 Å². The van der Waals surface area contributed by atoms with Crippen LogP contribution in [0, 0.1) is 13.8 Å². The van der Waals surface area contributed by atoms with Crippen LogP contribution in [0.1, 0.15) is 39.6 Å². The zero-order valence-electron chi connectivity index (χ0n) is 12.2. The average molecular weight is 289 g/mol. The molecule has 0 radical (unpaired) electrons. The fraction of sp³-hybridized carbons (Fsp3) is 0.333. The Morgan fingerprint density at radius 3 is 2.70 bits per heavy atom. The van der Waals surface area contributed by atoms with E-state index in [0.717, 1.165) is 22.0 Å². The molecular weight excluding hydrogens is 270 g/mol. The predicted octanol–water partition coefficient (Wildman–Crippen LogP) is 3.29. The summed E-state index contributed by atoms with van der Waals surface area (Å²) in [4.78, 5) is 16.8. The molecule has 0 saturated heterocycles. The van der Waals surface area contributed by atoms with E-state index >= 15 is 0 Å². The molecule has 0 fully saturated rings. The van der Waals surface area contributed by atoms with Crippen molar-refractivity contribution < 1.29 is 4.79 Å². The summed E-state index contributed by atoms with van der Waals surface area (Å²) in [6.45, 7) is 5.88. The second-order valence-electron chi connectivity index (χ2n) is 4.82. The molecule has 20 heavy (non-hydrogen) atoms. The number of thiazole rings is 1. The van der Waals surface area contributed by atoms with Crippen molar-refractivity contribution in [2.75, 3.05) is 12.4 Å². The summed E-state index contributed by atoms with van der Waals surface area (Å²) >= 11 is 1.57. The van der Waals surface area contributed by atoms with Crippen LogP contribution in [0.4, 0.5) is 5.69 Å². The fourth-order valence-corrected chi connectivity index (χ4v) is 2.77. The van der Waals surface area contributed by atoms with Crippen molar-refractivity contribution in [3.8, 4) is 0 Å². The zero-order valence-corrected chi connectivity index (χ0v) is 13.0. The SMILES string of the molecule is CNc1ccc(C)cc1C(=O)NC(C)c1nc(C)cs1. The maximum absolute atomic E-state index is 12.4. The second-order valence-corrected chi connectivity index (χ2v) is 5.71. The van der Waals surface area contributed by atoms with E-state index in [4.69, 9.17) is 0 Å². The van der Waals surface area contributed by atoms with E-state index in [1.807, 2.05) is 51.4 Å². The first kappa shape index (κ1) is 14.5. The van der Waals surface area contributed by atoms with Gasteiger partial charge in [0.15, 0.2) is 0 Å². The number of amides is 1. The van der Waals surface area contributed by atoms with E-state index in [9.17, 15) is 4.79 Å². The van der Waals surface area contributed by atoms with Gasteiger partial charge in [0.2, 0.25) is 0 Å². The van der Waals surface area contributed by atoms with Crippen molar-refractivity contribution in [2.24, 2.45) is 0 Å². The minimum Gasteiger partial charge on any atom is -0.387 e. The number of anilines is 1. The third-order valence-electron chi connectivity index (χ3n) is 3.04. The summed E-state index contributed by atoms with van der Waals surface area (Å²) in [6, 6.07) is 5.70. The van der Waals surface area contributed by atoms with E-state index < -0.39 is 0 Å². The lowest BCUT2D eigenvalue weighted by molar-refractivity contribution is 0.0940. The summed E-state index contributed by atoms with van der Waals surface area (Å²) < 4.78 is 0. The molecule has 2 aromatic rings. The molecule has 1 atom stereocenters. The normalized spacial score (nSPS) is 12.0. The first-order chi connectivity index (χ1) is 9.51. The largest absolute Gasteiger partial charge is 0.387 e. The van der Waals surface area contributed by atoms with Crippen LogP contribution in [0.3, 0.4) is 0 Å². The van der Waals surface area contributed by atoms with Crippen molar-refractivity contribution in [3.05, 3.63) is 45.4 Å². The van der Waals surface area contributed by atoms with Gasteiger partial charge in [-0.3, -0.25) is 4.79 Å². The van der Waals surface area contributed by atoms with Crippen molar-refractivity contribution in [2.45, 2.75) is 26.8 Å². The minimum absolute atomic E-state index is 0.0848. The standard InChI is InChI=1S/C15H19N3OS/c1-9-5-6-13(16-4)12(7-9)14(19)18-11(3)15-17-10(2)8-20-15/h5-8,11,16H,1-4H3,(H,18,19). The molecule has 2 N–H and O–H groups in total. The van der Waals surface area contributed by atoms with Crippen LogP contribution in [0.2, 0.25) is 0 Å². The molecule has 5 heteroatoms. The molecule has 1 aromatic carbocycles. The zero-order chi connectivity index (χ0) is 14.7. The van der Waals surface area contributed by atoms with Gasteiger partial charge in [-0.2, -0.15) is 0 Å². The topological polar surface area (TPSA) is 54.0 Å². The van der Waals surface area contributed by atoms with Gasteiger partial charge in [0.05, 0.1) is 11.6 Å². The Kier molecular flexibility index (Phi) is 4.39. The van der Waals surface area contributed by atoms with Crippen molar-refractivity contribution in [1.29, 1.82) is 0 Å². The number of rotatable bonds is 4. The second kappa shape index (κ2) is 6.05. The van der Waals surface area contributed by atoms with Crippen LogP contribution in [0.25, 0.3) is 0 Å². The Hall–Kier alpha value is -1.88. The van der Waals surface area contributed by atoms with Gasteiger partial charge in [-0.05, 0) is 32.9 Å². The molecule has 0 aliphatic carbocycles. The van der Waals surface area contributed by atoms with E-state index in [0.29, 0.717) is 5.56 Å². The van der Waals surface area contributed by atoms with Crippen LogP contribution in [-0.4, -0.2) is 17.9 Å². The summed E-state index contributed by atoms with van der Waals surface area (Å²) in [5.41, 5.74) is 3.53. The number of aryl methyl sites for hydroxylation is 2. The van der Waals surface area contributed by atoms with Gasteiger partial charge in [0.1, 0.15) is 5.01 Å². The molecule has 2 rings (SSSR count). The fourth-order valence-electron chi connectivity index (χ4n) is 1.97. The smallest absolute Gasteiger partial charge is 0.253 e. The Bertz CT molecular complexity index is 621. The average Bonchev–Trinajstić information content (AvgIpc) is 2.85. The molecular formula is C15H19N3OS. The molecule has 0 spiro atoms. The first-order valence-corrected chi connectivity index (χ1v) is 7.40. The van der Waals surface area contributed by atoms with Crippen LogP contribution in [0.15, 0.2) is 23.6 Å². The number of hydrogen-bond acceptors (Lipinski definition) is 4. The molecule has 0 bridgehead atoms. The van der Waals surface area contributed by atoms with Crippen LogP contribution >= 0.6 is 11.3 Å². The monoisotopic (exact) mass is 289 g/mol. The number of benzene rings is 1. The quantitative estimate of drug-likeness (QED) is 0.908. The summed E-state index contributed by atoms with van der Waals surface area (Å²) in [5.74, 6) is -0.0848. The lowest BCUT2D eigenvalue weighted by Crippen LogP contribution is -2.27. The molecule has 0 aliphatic heterocycles. The Morgan fingerprint density at radius 2 is 2.10 bits per heavy atom. The number of hydrogen-bond donors (Lipinski definition) is 2. The summed E-state index contributed by atoms with van der Waals surface area (Å²) in [5, 5.41) is 8.96. The maximum atomic E-state index is 12.4. The van der Waals surface area contributed by atoms with Gasteiger partial charge in [0, 0.05) is 23.8 Å². The van der Waals surface area contributed by atoms with Gasteiger partial charge in [-0.25, -0.2) is 4.98 Å². The molecule has 1 amide bonds. The minimum atomic E-state index is -0.0913. The lowest BCUT2D eigenvalue weighted by atomic mass is 10.1. The highest BCUT2D eigenvalue weighted by Gasteiger charge is 2.16. The summed E-state index contributed by atoms with van der Waals surface area (Å²) in [7, 11) is 1.81. The highest BCUT2D eigenvalue weighted by Crippen LogP contribution is 2.21. The number of aromatic nitrogens is 1. The van der Waals surface area contributed by atoms with E-state index in [1.54, 1.807) is 11.3 Å². The Labute approximate surface area is 123 Å². The molecule has 106 valence electrons. The molecule has 1 heterocycles. The number of nitrogens with zero attached hydrogens (tertiary/aromatic N) is 1. The van der Waals surface area contributed by atoms with E-state index in [-0.39, 0.29) is 11.9 Å². The summed E-state index contributed by atoms with van der Waals surface area (Å²) in [6.07, 6.45) is 0. The number of carbonyl (C=O) groups excluding carboxylic acids is 1. The van der Waals surface area contributed by atoms with Gasteiger partial charge in [0.25, 0.3) is 5.91 Å². The highest BCUT2D eigenvalue weighted by atomic mass is 32.1. The molecule has 0 aliphatic rings. The van der Waals surface area contributed by atoms with Crippen molar-refractivity contribution >= 4 is 22.9 Å². The first-order valence-electron chi connectivity index (χ1n) is 6.52. The van der Waals surface area contributed by atoms with Gasteiger partial charge in [-0.15, -0.1) is 11.3 Å². The lowest BCUT2D eigenvalue weighted by Gasteiger charge is -2.14. The van der Waals surface area contributed by atoms with Crippen LogP contribution in [0.5, 0.6) is 0 Å². The van der Waals surface area contributed by atoms with Crippen molar-refractivity contribution in [3.63, 3.8) is 0 Å². The molecule has 1 unspecified atom stereocenters. The van der Waals surface area contributed by atoms with Gasteiger partial charge in [-0.1, -0.05) is 11.6 Å². The van der Waals surface area contributed by atoms with E-state index in [1.165, 1.54) is 0 Å². The third-order valence-corrected chi connectivity index (χ3v) is 4.19. The number of nitrogens with one attached hydrogen (secondary N) is 2. The Balaban J connectivity index is 2.18. The van der Waals surface area contributed by atoms with Crippen LogP contribution < -0.4 is 10.6 Å². The van der Waals surface area contributed by atoms with Gasteiger partial charge < -0.3 is 10.6 Å². The predicted molar refractivity (Wildman–Crippen MR) is 83.5 cm³/mol. The molecule has 1 aromatic heterocycles. The van der Waals surface area contributed by atoms with Crippen molar-refractivity contribution in [1.82, 2.24) is 10.3 Å².